The quantitative estimate of drug-likeness (QED) is 0.588. The van der Waals surface area contributed by atoms with E-state index in [0.717, 1.165) is 6.42 Å². The lowest BCUT2D eigenvalue weighted by molar-refractivity contribution is -0.127. The van der Waals surface area contributed by atoms with Gasteiger partial charge >= 0.3 is 0 Å². The molecule has 0 radical (unpaired) electrons. The average Bonchev–Trinajstić information content (AvgIpc) is 3.03. The molecule has 4 atom stereocenters. The van der Waals surface area contributed by atoms with Crippen LogP contribution in [0.4, 0.5) is 5.69 Å². The Labute approximate surface area is 122 Å². The Balaban J connectivity index is 1.82. The standard InChI is InChI=1S/C16H14ClNO2/c1-16-10-6-5-9(7-10)13(16)14(19)18(15(16)20)12-4-2-3-11(17)8-12/h2-6,8-10,13H,7H2,1H3/t9-,10+,13+,16+/m0/s1. The van der Waals surface area contributed by atoms with E-state index >= 15 is 0 Å². The lowest BCUT2D eigenvalue weighted by Gasteiger charge is -2.28. The number of hydrogen-bond acceptors (Lipinski definition) is 2. The van der Waals surface area contributed by atoms with E-state index in [9.17, 15) is 9.59 Å². The fraction of sp³-hybridized carbons (Fsp3) is 0.375. The van der Waals surface area contributed by atoms with Crippen molar-refractivity contribution in [2.24, 2.45) is 23.2 Å². The third kappa shape index (κ3) is 1.27. The number of anilines is 1. The molecule has 4 rings (SSSR count). The maximum absolute atomic E-state index is 12.8. The third-order valence-corrected chi connectivity index (χ3v) is 5.41. The number of amides is 2. The van der Waals surface area contributed by atoms with Gasteiger partial charge in [0, 0.05) is 5.02 Å². The number of hydrogen-bond donors (Lipinski definition) is 0. The number of nitrogens with zero attached hydrogens (tertiary/aromatic N) is 1. The molecule has 0 N–H and O–H groups in total. The molecular formula is C16H14ClNO2. The Morgan fingerprint density at radius 2 is 2.10 bits per heavy atom. The molecule has 2 amide bonds. The number of benzene rings is 1. The van der Waals surface area contributed by atoms with Crippen molar-refractivity contribution in [2.75, 3.05) is 4.90 Å². The van der Waals surface area contributed by atoms with Crippen LogP contribution in [0.3, 0.4) is 0 Å². The van der Waals surface area contributed by atoms with Crippen LogP contribution in [0, 0.1) is 23.2 Å². The van der Waals surface area contributed by atoms with Gasteiger partial charge in [0.1, 0.15) is 0 Å². The summed E-state index contributed by atoms with van der Waals surface area (Å²) in [5.41, 5.74) is 0.0151. The molecule has 3 nitrogen and oxygen atoms in total. The van der Waals surface area contributed by atoms with Crippen LogP contribution in [-0.2, 0) is 9.59 Å². The Bertz CT molecular complexity index is 668. The number of fused-ring (bicyclic) bond motifs is 5. The molecule has 2 aliphatic carbocycles. The second kappa shape index (κ2) is 3.73. The second-order valence-electron chi connectivity index (χ2n) is 6.11. The molecule has 1 aromatic rings. The van der Waals surface area contributed by atoms with Crippen molar-refractivity contribution in [1.29, 1.82) is 0 Å². The summed E-state index contributed by atoms with van der Waals surface area (Å²) in [6, 6.07) is 6.95. The van der Waals surface area contributed by atoms with Crippen LogP contribution in [0.15, 0.2) is 36.4 Å². The molecule has 0 unspecified atom stereocenters. The van der Waals surface area contributed by atoms with Gasteiger partial charge in [-0.05, 0) is 43.4 Å². The molecule has 102 valence electrons. The first-order valence-electron chi connectivity index (χ1n) is 6.86. The van der Waals surface area contributed by atoms with E-state index in [1.165, 1.54) is 4.90 Å². The number of allylic oxidation sites excluding steroid dienone is 2. The number of carbonyl (C=O) groups excluding carboxylic acids is 2. The maximum atomic E-state index is 12.8. The van der Waals surface area contributed by atoms with Crippen molar-refractivity contribution < 1.29 is 9.59 Å². The van der Waals surface area contributed by atoms with Crippen molar-refractivity contribution in [3.63, 3.8) is 0 Å². The van der Waals surface area contributed by atoms with Crippen LogP contribution in [-0.4, -0.2) is 11.8 Å². The zero-order chi connectivity index (χ0) is 14.1. The second-order valence-corrected chi connectivity index (χ2v) is 6.55. The number of imide groups is 1. The highest BCUT2D eigenvalue weighted by Crippen LogP contribution is 2.60. The lowest BCUT2D eigenvalue weighted by atomic mass is 9.71. The van der Waals surface area contributed by atoms with Gasteiger partial charge in [0.25, 0.3) is 0 Å². The Kier molecular flexibility index (Phi) is 2.27. The molecule has 1 saturated carbocycles. The predicted octanol–water partition coefficient (Wildman–Crippen LogP) is 3.04. The molecule has 1 aliphatic heterocycles. The van der Waals surface area contributed by atoms with E-state index in [0.29, 0.717) is 10.7 Å². The van der Waals surface area contributed by atoms with Crippen LogP contribution in [0.25, 0.3) is 0 Å². The number of carbonyl (C=O) groups is 2. The first-order chi connectivity index (χ1) is 9.53. The van der Waals surface area contributed by atoms with Gasteiger partial charge in [-0.25, -0.2) is 4.90 Å². The molecule has 3 aliphatic rings. The fourth-order valence-electron chi connectivity index (χ4n) is 4.17. The largest absolute Gasteiger partial charge is 0.274 e. The Morgan fingerprint density at radius 3 is 2.80 bits per heavy atom. The zero-order valence-electron chi connectivity index (χ0n) is 11.0. The van der Waals surface area contributed by atoms with Crippen molar-refractivity contribution in [3.8, 4) is 0 Å². The SMILES string of the molecule is C[C@]12C(=O)N(c3cccc(Cl)c3)C(=O)[C@H]1[C@H]1C=C[C@@H]2C1. The molecule has 1 aromatic carbocycles. The van der Waals surface area contributed by atoms with Crippen LogP contribution in [0.5, 0.6) is 0 Å². The first-order valence-corrected chi connectivity index (χ1v) is 7.23. The summed E-state index contributed by atoms with van der Waals surface area (Å²) in [7, 11) is 0. The van der Waals surface area contributed by atoms with Crippen molar-refractivity contribution in [3.05, 3.63) is 41.4 Å². The Morgan fingerprint density at radius 1 is 1.30 bits per heavy atom. The molecule has 0 aromatic heterocycles. The van der Waals surface area contributed by atoms with E-state index in [-0.39, 0.29) is 29.6 Å². The van der Waals surface area contributed by atoms with Crippen LogP contribution < -0.4 is 4.90 Å². The molecule has 1 heterocycles. The zero-order valence-corrected chi connectivity index (χ0v) is 11.8. The number of rotatable bonds is 1. The minimum absolute atomic E-state index is 0.0726. The van der Waals surface area contributed by atoms with Gasteiger partial charge in [-0.2, -0.15) is 0 Å². The van der Waals surface area contributed by atoms with E-state index in [4.69, 9.17) is 11.6 Å². The minimum atomic E-state index is -0.571. The summed E-state index contributed by atoms with van der Waals surface area (Å²) in [4.78, 5) is 26.9. The third-order valence-electron chi connectivity index (χ3n) is 5.18. The van der Waals surface area contributed by atoms with Crippen molar-refractivity contribution in [2.45, 2.75) is 13.3 Å². The van der Waals surface area contributed by atoms with Gasteiger partial charge in [0.2, 0.25) is 11.8 Å². The topological polar surface area (TPSA) is 37.4 Å². The lowest BCUT2D eigenvalue weighted by Crippen LogP contribution is -2.37. The summed E-state index contributed by atoms with van der Waals surface area (Å²) < 4.78 is 0. The Hall–Kier alpha value is -1.61. The molecule has 0 spiro atoms. The average molecular weight is 288 g/mol. The fourth-order valence-corrected chi connectivity index (χ4v) is 4.35. The summed E-state index contributed by atoms with van der Waals surface area (Å²) >= 11 is 5.98. The monoisotopic (exact) mass is 287 g/mol. The molecule has 2 fully saturated rings. The van der Waals surface area contributed by atoms with E-state index < -0.39 is 5.41 Å². The molecule has 20 heavy (non-hydrogen) atoms. The highest BCUT2D eigenvalue weighted by Gasteiger charge is 2.67. The molecule has 4 heteroatoms. The highest BCUT2D eigenvalue weighted by atomic mass is 35.5. The van der Waals surface area contributed by atoms with E-state index in [1.807, 2.05) is 6.92 Å². The van der Waals surface area contributed by atoms with Gasteiger partial charge in [-0.15, -0.1) is 0 Å². The summed E-state index contributed by atoms with van der Waals surface area (Å²) in [5.74, 6) is 0.0518. The van der Waals surface area contributed by atoms with Crippen LogP contribution in [0.2, 0.25) is 5.02 Å². The summed E-state index contributed by atoms with van der Waals surface area (Å²) in [6.07, 6.45) is 5.14. The smallest absolute Gasteiger partial charge is 0.241 e. The first kappa shape index (κ1) is 12.2. The minimum Gasteiger partial charge on any atom is -0.274 e. The molecule has 1 saturated heterocycles. The van der Waals surface area contributed by atoms with Crippen LogP contribution in [0.1, 0.15) is 13.3 Å². The van der Waals surface area contributed by atoms with Gasteiger partial charge in [-0.3, -0.25) is 9.59 Å². The highest BCUT2D eigenvalue weighted by molar-refractivity contribution is 6.31. The van der Waals surface area contributed by atoms with E-state index in [2.05, 4.69) is 12.2 Å². The maximum Gasteiger partial charge on any atom is 0.241 e. The van der Waals surface area contributed by atoms with Crippen molar-refractivity contribution in [1.82, 2.24) is 0 Å². The summed E-state index contributed by atoms with van der Waals surface area (Å²) in [6.45, 7) is 1.94. The summed E-state index contributed by atoms with van der Waals surface area (Å²) in [5, 5.41) is 0.534. The number of halogens is 1. The normalized spacial score (nSPS) is 37.9. The van der Waals surface area contributed by atoms with Crippen LogP contribution >= 0.6 is 11.6 Å². The van der Waals surface area contributed by atoms with Gasteiger partial charge in [-0.1, -0.05) is 29.8 Å². The van der Waals surface area contributed by atoms with Gasteiger partial charge in [0.15, 0.2) is 0 Å². The van der Waals surface area contributed by atoms with Crippen molar-refractivity contribution >= 4 is 29.1 Å². The van der Waals surface area contributed by atoms with Gasteiger partial charge < -0.3 is 0 Å². The van der Waals surface area contributed by atoms with Gasteiger partial charge in [0.05, 0.1) is 17.0 Å². The predicted molar refractivity (Wildman–Crippen MR) is 76.3 cm³/mol. The van der Waals surface area contributed by atoms with E-state index in [1.54, 1.807) is 24.3 Å². The molecule has 2 bridgehead atoms. The molecular weight excluding hydrogens is 274 g/mol.